The second-order valence-corrected chi connectivity index (χ2v) is 5.05. The van der Waals surface area contributed by atoms with Gasteiger partial charge in [-0.25, -0.2) is 0 Å². The molecule has 1 amide bonds. The Morgan fingerprint density at radius 2 is 1.85 bits per heavy atom. The molecule has 1 atom stereocenters. The van der Waals surface area contributed by atoms with Crippen molar-refractivity contribution in [3.8, 4) is 6.07 Å². The summed E-state index contributed by atoms with van der Waals surface area (Å²) in [5.41, 5.74) is 7.49. The molecule has 2 rings (SSSR count). The second kappa shape index (κ2) is 6.22. The first-order chi connectivity index (χ1) is 9.61. The van der Waals surface area contributed by atoms with Crippen LogP contribution in [0.15, 0.2) is 53.0 Å². The van der Waals surface area contributed by atoms with E-state index in [-0.39, 0.29) is 0 Å². The zero-order valence-electron chi connectivity index (χ0n) is 10.5. The number of nitrogens with two attached hydrogens (primary N) is 1. The van der Waals surface area contributed by atoms with Crippen molar-refractivity contribution >= 4 is 27.5 Å². The fraction of sp³-hybridized carbons (Fsp3) is 0.0667. The standard InChI is InChI=1S/C15H12BrN3O/c16-12-3-1-2-4-13(12)19-14(15(18)20)11-7-5-10(9-17)6-8-11/h1-8,14,19H,(H2,18,20). The molecule has 0 aliphatic carbocycles. The van der Waals surface area contributed by atoms with E-state index in [1.54, 1.807) is 24.3 Å². The number of primary amides is 1. The van der Waals surface area contributed by atoms with Gasteiger partial charge in [0.25, 0.3) is 0 Å². The molecule has 0 heterocycles. The Bertz CT molecular complexity index is 662. The van der Waals surface area contributed by atoms with Crippen LogP contribution in [0.3, 0.4) is 0 Å². The van der Waals surface area contributed by atoms with Crippen molar-refractivity contribution < 1.29 is 4.79 Å². The van der Waals surface area contributed by atoms with Gasteiger partial charge in [-0.05, 0) is 45.8 Å². The van der Waals surface area contributed by atoms with E-state index in [1.807, 2.05) is 30.3 Å². The number of nitriles is 1. The number of amides is 1. The lowest BCUT2D eigenvalue weighted by Gasteiger charge is -2.18. The lowest BCUT2D eigenvalue weighted by Crippen LogP contribution is -2.27. The number of nitrogens with zero attached hydrogens (tertiary/aromatic N) is 1. The first kappa shape index (κ1) is 14.1. The van der Waals surface area contributed by atoms with Gasteiger partial charge in [-0.3, -0.25) is 4.79 Å². The van der Waals surface area contributed by atoms with Crippen molar-refractivity contribution in [3.05, 3.63) is 64.1 Å². The Hall–Kier alpha value is -2.32. The molecule has 3 N–H and O–H groups in total. The van der Waals surface area contributed by atoms with Gasteiger partial charge in [-0.2, -0.15) is 5.26 Å². The van der Waals surface area contributed by atoms with Gasteiger partial charge in [0, 0.05) is 10.2 Å². The molecule has 2 aromatic carbocycles. The van der Waals surface area contributed by atoms with Gasteiger partial charge in [0.1, 0.15) is 6.04 Å². The average Bonchev–Trinajstić information content (AvgIpc) is 2.46. The summed E-state index contributed by atoms with van der Waals surface area (Å²) in [6, 6.07) is 15.6. The molecule has 0 bridgehead atoms. The third-order valence-electron chi connectivity index (χ3n) is 2.83. The normalized spacial score (nSPS) is 11.4. The highest BCUT2D eigenvalue weighted by Gasteiger charge is 2.18. The Kier molecular flexibility index (Phi) is 4.38. The van der Waals surface area contributed by atoms with Gasteiger partial charge in [0.15, 0.2) is 0 Å². The SMILES string of the molecule is N#Cc1ccc(C(Nc2ccccc2Br)C(N)=O)cc1. The first-order valence-electron chi connectivity index (χ1n) is 5.92. The van der Waals surface area contributed by atoms with Crippen molar-refractivity contribution in [2.75, 3.05) is 5.32 Å². The maximum absolute atomic E-state index is 11.6. The Balaban J connectivity index is 2.30. The van der Waals surface area contributed by atoms with Gasteiger partial charge >= 0.3 is 0 Å². The number of hydrogen-bond donors (Lipinski definition) is 2. The van der Waals surface area contributed by atoms with Crippen LogP contribution in [0.2, 0.25) is 0 Å². The van der Waals surface area contributed by atoms with Crippen molar-refractivity contribution in [1.82, 2.24) is 0 Å². The van der Waals surface area contributed by atoms with Gasteiger partial charge < -0.3 is 11.1 Å². The van der Waals surface area contributed by atoms with Crippen LogP contribution in [0, 0.1) is 11.3 Å². The third-order valence-corrected chi connectivity index (χ3v) is 3.52. The van der Waals surface area contributed by atoms with E-state index in [4.69, 9.17) is 11.0 Å². The summed E-state index contributed by atoms with van der Waals surface area (Å²) in [4.78, 5) is 11.6. The van der Waals surface area contributed by atoms with E-state index in [1.165, 1.54) is 0 Å². The summed E-state index contributed by atoms with van der Waals surface area (Å²) in [6.45, 7) is 0. The summed E-state index contributed by atoms with van der Waals surface area (Å²) in [5, 5.41) is 11.9. The van der Waals surface area contributed by atoms with Crippen molar-refractivity contribution in [2.45, 2.75) is 6.04 Å². The van der Waals surface area contributed by atoms with Crippen LogP contribution < -0.4 is 11.1 Å². The first-order valence-corrected chi connectivity index (χ1v) is 6.71. The van der Waals surface area contributed by atoms with Gasteiger partial charge in [0.05, 0.1) is 11.6 Å². The molecule has 100 valence electrons. The fourth-order valence-corrected chi connectivity index (χ4v) is 2.20. The van der Waals surface area contributed by atoms with Crippen molar-refractivity contribution in [1.29, 1.82) is 5.26 Å². The van der Waals surface area contributed by atoms with E-state index in [9.17, 15) is 4.79 Å². The van der Waals surface area contributed by atoms with E-state index in [0.29, 0.717) is 11.1 Å². The van der Waals surface area contributed by atoms with Crippen molar-refractivity contribution in [2.24, 2.45) is 5.73 Å². The maximum Gasteiger partial charge on any atom is 0.244 e. The molecular weight excluding hydrogens is 318 g/mol. The number of nitrogens with one attached hydrogen (secondary N) is 1. The van der Waals surface area contributed by atoms with Crippen LogP contribution in [0.1, 0.15) is 17.2 Å². The summed E-state index contributed by atoms with van der Waals surface area (Å²) < 4.78 is 0.847. The minimum atomic E-state index is -0.651. The topological polar surface area (TPSA) is 78.9 Å². The molecule has 0 saturated carbocycles. The lowest BCUT2D eigenvalue weighted by molar-refractivity contribution is -0.118. The van der Waals surface area contributed by atoms with E-state index >= 15 is 0 Å². The van der Waals surface area contributed by atoms with Gasteiger partial charge in [0.2, 0.25) is 5.91 Å². The molecule has 0 aliphatic heterocycles. The fourth-order valence-electron chi connectivity index (χ4n) is 1.80. The molecule has 5 heteroatoms. The predicted molar refractivity (Wildman–Crippen MR) is 80.9 cm³/mol. The molecule has 4 nitrogen and oxygen atoms in total. The number of para-hydroxylation sites is 1. The summed E-state index contributed by atoms with van der Waals surface area (Å²) in [7, 11) is 0. The molecule has 20 heavy (non-hydrogen) atoms. The van der Waals surface area contributed by atoms with Crippen LogP contribution in [0.5, 0.6) is 0 Å². The van der Waals surface area contributed by atoms with Crippen LogP contribution in [-0.2, 0) is 4.79 Å². The summed E-state index contributed by atoms with van der Waals surface area (Å²) >= 11 is 3.41. The Labute approximate surface area is 125 Å². The largest absolute Gasteiger partial charge is 0.369 e. The molecule has 0 aliphatic rings. The highest BCUT2D eigenvalue weighted by molar-refractivity contribution is 9.10. The molecule has 1 unspecified atom stereocenters. The highest BCUT2D eigenvalue weighted by atomic mass is 79.9. The van der Waals surface area contributed by atoms with Gasteiger partial charge in [-0.15, -0.1) is 0 Å². The van der Waals surface area contributed by atoms with Crippen LogP contribution in [0.25, 0.3) is 0 Å². The quantitative estimate of drug-likeness (QED) is 0.904. The van der Waals surface area contributed by atoms with E-state index in [0.717, 1.165) is 10.2 Å². The van der Waals surface area contributed by atoms with Crippen LogP contribution in [-0.4, -0.2) is 5.91 Å². The minimum absolute atomic E-state index is 0.481. The number of anilines is 1. The zero-order chi connectivity index (χ0) is 14.5. The molecule has 0 fully saturated rings. The molecular formula is C15H12BrN3O. The smallest absolute Gasteiger partial charge is 0.244 e. The maximum atomic E-state index is 11.6. The molecule has 0 aromatic heterocycles. The lowest BCUT2D eigenvalue weighted by atomic mass is 10.0. The number of hydrogen-bond acceptors (Lipinski definition) is 3. The molecule has 2 aromatic rings. The van der Waals surface area contributed by atoms with E-state index < -0.39 is 11.9 Å². The van der Waals surface area contributed by atoms with Crippen molar-refractivity contribution in [3.63, 3.8) is 0 Å². The Morgan fingerprint density at radius 1 is 1.20 bits per heavy atom. The third kappa shape index (κ3) is 3.16. The van der Waals surface area contributed by atoms with Crippen LogP contribution >= 0.6 is 15.9 Å². The molecule has 0 radical (unpaired) electrons. The number of halogens is 1. The Morgan fingerprint density at radius 3 is 2.40 bits per heavy atom. The number of benzene rings is 2. The molecule has 0 spiro atoms. The number of rotatable bonds is 4. The minimum Gasteiger partial charge on any atom is -0.369 e. The second-order valence-electron chi connectivity index (χ2n) is 4.19. The summed E-state index contributed by atoms with van der Waals surface area (Å²) in [5.74, 6) is -0.481. The predicted octanol–water partition coefficient (Wildman–Crippen LogP) is 2.96. The number of carbonyl (C=O) groups excluding carboxylic acids is 1. The van der Waals surface area contributed by atoms with Crippen LogP contribution in [0.4, 0.5) is 5.69 Å². The number of carbonyl (C=O) groups is 1. The average molecular weight is 330 g/mol. The highest BCUT2D eigenvalue weighted by Crippen LogP contribution is 2.26. The summed E-state index contributed by atoms with van der Waals surface area (Å²) in [6.07, 6.45) is 0. The monoisotopic (exact) mass is 329 g/mol. The zero-order valence-corrected chi connectivity index (χ0v) is 12.1. The van der Waals surface area contributed by atoms with Gasteiger partial charge in [-0.1, -0.05) is 24.3 Å². The molecule has 0 saturated heterocycles. The van der Waals surface area contributed by atoms with E-state index in [2.05, 4.69) is 21.2 Å².